The monoisotopic (exact) mass is 338 g/mol. The van der Waals surface area contributed by atoms with Crippen LogP contribution in [0.4, 0.5) is 0 Å². The molecule has 1 rings (SSSR count). The molecule has 132 valence electrons. The minimum Gasteiger partial charge on any atom is -0.461 e. The SMILES string of the molecule is C=CCOC(=O)[C@H]([C@H](O)/C=C/C1CCCCC1)[C@@H](C)[Si](C)(C)C. The predicted octanol–water partition coefficient (Wildman–Crippen LogP) is 4.56. The Kier molecular flexibility index (Phi) is 8.27. The standard InChI is InChI=1S/C19H34O3Si/c1-6-14-22-19(21)18(15(2)23(3,4)5)17(20)13-12-16-10-8-7-9-11-16/h6,12-13,15-18,20H,1,7-11,14H2,2-5H3/b13-12+/t15-,17-,18+/m1/s1. The minimum atomic E-state index is -1.58. The molecule has 1 N–H and O–H groups in total. The van der Waals surface area contributed by atoms with Gasteiger partial charge in [0.15, 0.2) is 0 Å². The van der Waals surface area contributed by atoms with Crippen LogP contribution in [-0.4, -0.2) is 31.9 Å². The molecule has 1 aliphatic rings. The lowest BCUT2D eigenvalue weighted by Crippen LogP contribution is -2.41. The van der Waals surface area contributed by atoms with Gasteiger partial charge < -0.3 is 9.84 Å². The van der Waals surface area contributed by atoms with Crippen LogP contribution in [0.5, 0.6) is 0 Å². The lowest BCUT2D eigenvalue weighted by molar-refractivity contribution is -0.150. The number of hydrogen-bond donors (Lipinski definition) is 1. The van der Waals surface area contributed by atoms with E-state index in [1.165, 1.54) is 32.1 Å². The van der Waals surface area contributed by atoms with Crippen molar-refractivity contribution in [3.05, 3.63) is 24.8 Å². The fourth-order valence-corrected chi connectivity index (χ4v) is 4.54. The molecule has 23 heavy (non-hydrogen) atoms. The summed E-state index contributed by atoms with van der Waals surface area (Å²) in [4.78, 5) is 12.4. The third kappa shape index (κ3) is 6.64. The van der Waals surface area contributed by atoms with Crippen molar-refractivity contribution in [3.8, 4) is 0 Å². The summed E-state index contributed by atoms with van der Waals surface area (Å²) in [5.74, 6) is -0.243. The van der Waals surface area contributed by atoms with Crippen LogP contribution in [0.25, 0.3) is 0 Å². The third-order valence-corrected chi connectivity index (χ3v) is 8.21. The number of allylic oxidation sites excluding steroid dienone is 1. The van der Waals surface area contributed by atoms with E-state index in [2.05, 4.69) is 39.2 Å². The van der Waals surface area contributed by atoms with E-state index in [1.54, 1.807) is 6.08 Å². The van der Waals surface area contributed by atoms with Gasteiger partial charge in [0, 0.05) is 8.07 Å². The second-order valence-corrected chi connectivity index (χ2v) is 13.5. The van der Waals surface area contributed by atoms with Crippen molar-refractivity contribution in [2.45, 2.75) is 70.3 Å². The number of aliphatic hydroxyl groups excluding tert-OH is 1. The van der Waals surface area contributed by atoms with Gasteiger partial charge in [0.05, 0.1) is 12.0 Å². The van der Waals surface area contributed by atoms with Crippen molar-refractivity contribution in [1.29, 1.82) is 0 Å². The topological polar surface area (TPSA) is 46.5 Å². The average molecular weight is 339 g/mol. The van der Waals surface area contributed by atoms with Gasteiger partial charge in [-0.05, 0) is 24.3 Å². The fourth-order valence-electron chi connectivity index (χ4n) is 3.13. The summed E-state index contributed by atoms with van der Waals surface area (Å²) < 4.78 is 5.25. The van der Waals surface area contributed by atoms with Crippen molar-refractivity contribution in [3.63, 3.8) is 0 Å². The molecule has 0 bridgehead atoms. The van der Waals surface area contributed by atoms with Gasteiger partial charge in [0.1, 0.15) is 6.61 Å². The van der Waals surface area contributed by atoms with Gasteiger partial charge in [0.2, 0.25) is 0 Å². The fraction of sp³-hybridized carbons (Fsp3) is 0.737. The smallest absolute Gasteiger partial charge is 0.312 e. The Morgan fingerprint density at radius 2 is 1.91 bits per heavy atom. The Balaban J connectivity index is 2.81. The molecule has 0 aromatic rings. The first kappa shape index (κ1) is 20.2. The van der Waals surface area contributed by atoms with Crippen LogP contribution in [0.2, 0.25) is 25.2 Å². The zero-order valence-electron chi connectivity index (χ0n) is 15.3. The summed E-state index contributed by atoms with van der Waals surface area (Å²) >= 11 is 0. The molecule has 1 saturated carbocycles. The Labute approximate surface area is 142 Å². The Bertz CT molecular complexity index is 405. The molecular weight excluding hydrogens is 304 g/mol. The molecule has 0 spiro atoms. The molecule has 0 aromatic carbocycles. The largest absolute Gasteiger partial charge is 0.461 e. The molecule has 3 nitrogen and oxygen atoms in total. The molecule has 0 unspecified atom stereocenters. The number of carbonyl (C=O) groups excluding carboxylic acids is 1. The number of aliphatic hydroxyl groups is 1. The van der Waals surface area contributed by atoms with Crippen molar-refractivity contribution < 1.29 is 14.6 Å². The van der Waals surface area contributed by atoms with Crippen LogP contribution in [0, 0.1) is 11.8 Å². The Morgan fingerprint density at radius 3 is 2.43 bits per heavy atom. The molecule has 0 aromatic heterocycles. The first-order valence-electron chi connectivity index (χ1n) is 8.91. The van der Waals surface area contributed by atoms with Crippen molar-refractivity contribution in [2.24, 2.45) is 11.8 Å². The average Bonchev–Trinajstić information content (AvgIpc) is 2.51. The highest BCUT2D eigenvalue weighted by Crippen LogP contribution is 2.34. The van der Waals surface area contributed by atoms with E-state index in [9.17, 15) is 9.90 Å². The lowest BCUT2D eigenvalue weighted by Gasteiger charge is -2.33. The summed E-state index contributed by atoms with van der Waals surface area (Å²) in [5.41, 5.74) is 0.144. The van der Waals surface area contributed by atoms with Gasteiger partial charge in [-0.2, -0.15) is 0 Å². The quantitative estimate of drug-likeness (QED) is 0.401. The maximum Gasteiger partial charge on any atom is 0.312 e. The van der Waals surface area contributed by atoms with E-state index in [0.29, 0.717) is 5.92 Å². The normalized spacial score (nSPS) is 20.9. The number of carbonyl (C=O) groups is 1. The molecule has 1 aliphatic carbocycles. The van der Waals surface area contributed by atoms with Crippen molar-refractivity contribution in [2.75, 3.05) is 6.61 Å². The summed E-state index contributed by atoms with van der Waals surface area (Å²) in [6.07, 6.45) is 11.0. The Hall–Kier alpha value is -0.873. The molecule has 0 amide bonds. The van der Waals surface area contributed by atoms with Gasteiger partial charge in [0.25, 0.3) is 0 Å². The van der Waals surface area contributed by atoms with Crippen LogP contribution >= 0.6 is 0 Å². The molecule has 0 aliphatic heterocycles. The minimum absolute atomic E-state index is 0.144. The predicted molar refractivity (Wildman–Crippen MR) is 99.1 cm³/mol. The summed E-state index contributed by atoms with van der Waals surface area (Å²) in [6, 6.07) is 0. The second-order valence-electron chi connectivity index (χ2n) is 7.87. The van der Waals surface area contributed by atoms with Gasteiger partial charge in [-0.3, -0.25) is 4.79 Å². The lowest BCUT2D eigenvalue weighted by atomic mass is 9.88. The van der Waals surface area contributed by atoms with Gasteiger partial charge in [-0.25, -0.2) is 0 Å². The van der Waals surface area contributed by atoms with E-state index in [4.69, 9.17) is 4.74 Å². The highest BCUT2D eigenvalue weighted by atomic mass is 28.3. The molecule has 0 radical (unpaired) electrons. The second kappa shape index (κ2) is 9.43. The van der Waals surface area contributed by atoms with Gasteiger partial charge in [-0.1, -0.05) is 70.6 Å². The zero-order chi connectivity index (χ0) is 17.5. The number of hydrogen-bond acceptors (Lipinski definition) is 3. The first-order chi connectivity index (χ1) is 10.8. The highest BCUT2D eigenvalue weighted by Gasteiger charge is 2.39. The van der Waals surface area contributed by atoms with Crippen LogP contribution in [0.1, 0.15) is 39.0 Å². The maximum atomic E-state index is 12.4. The number of ether oxygens (including phenoxy) is 1. The van der Waals surface area contributed by atoms with Gasteiger partial charge >= 0.3 is 5.97 Å². The number of rotatable bonds is 8. The van der Waals surface area contributed by atoms with E-state index < -0.39 is 20.1 Å². The van der Waals surface area contributed by atoms with Crippen LogP contribution in [0.15, 0.2) is 24.8 Å². The first-order valence-corrected chi connectivity index (χ1v) is 12.5. The molecular formula is C19H34O3Si. The van der Waals surface area contributed by atoms with Crippen molar-refractivity contribution >= 4 is 14.0 Å². The zero-order valence-corrected chi connectivity index (χ0v) is 16.3. The van der Waals surface area contributed by atoms with E-state index in [1.807, 2.05) is 6.08 Å². The molecule has 4 heteroatoms. The maximum absolute atomic E-state index is 12.4. The van der Waals surface area contributed by atoms with Crippen LogP contribution < -0.4 is 0 Å². The number of esters is 1. The summed E-state index contributed by atoms with van der Waals surface area (Å²) in [6.45, 7) is 12.5. The molecule has 1 fully saturated rings. The van der Waals surface area contributed by atoms with Crippen molar-refractivity contribution in [1.82, 2.24) is 0 Å². The van der Waals surface area contributed by atoms with Crippen LogP contribution in [-0.2, 0) is 9.53 Å². The Morgan fingerprint density at radius 1 is 1.30 bits per heavy atom. The third-order valence-electron chi connectivity index (χ3n) is 5.12. The highest BCUT2D eigenvalue weighted by molar-refractivity contribution is 6.77. The van der Waals surface area contributed by atoms with E-state index in [0.717, 1.165) is 0 Å². The summed E-state index contributed by atoms with van der Waals surface area (Å²) in [5, 5.41) is 10.7. The van der Waals surface area contributed by atoms with E-state index >= 15 is 0 Å². The molecule has 0 saturated heterocycles. The van der Waals surface area contributed by atoms with E-state index in [-0.39, 0.29) is 18.1 Å². The van der Waals surface area contributed by atoms with Gasteiger partial charge in [-0.15, -0.1) is 0 Å². The molecule has 3 atom stereocenters. The summed E-state index contributed by atoms with van der Waals surface area (Å²) in [7, 11) is -1.58. The molecule has 0 heterocycles. The van der Waals surface area contributed by atoms with Crippen LogP contribution in [0.3, 0.4) is 0 Å².